The molecule has 362 valence electrons. The average molecular weight is 991 g/mol. The van der Waals surface area contributed by atoms with Crippen molar-refractivity contribution >= 4 is 64.0 Å². The van der Waals surface area contributed by atoms with Crippen LogP contribution in [0.1, 0.15) is 88.6 Å². The normalized spacial score (nSPS) is 17.0. The van der Waals surface area contributed by atoms with Crippen molar-refractivity contribution in [2.75, 3.05) is 32.0 Å². The number of hydrogen-bond acceptors (Lipinski definition) is 11. The van der Waals surface area contributed by atoms with Gasteiger partial charge < -0.3 is 36.0 Å². The number of thiazole rings is 1. The van der Waals surface area contributed by atoms with Gasteiger partial charge in [-0.3, -0.25) is 23.9 Å². The highest BCUT2D eigenvalue weighted by Gasteiger charge is 2.44. The molecule has 68 heavy (non-hydrogen) atoms. The number of carbonyl (C=O) groups is 4. The molecule has 2 aromatic carbocycles. The molecule has 5 N–H and O–H groups in total. The van der Waals surface area contributed by atoms with Crippen molar-refractivity contribution < 1.29 is 33.4 Å². The predicted octanol–water partition coefficient (Wildman–Crippen LogP) is 7.56. The number of benzene rings is 2. The first-order chi connectivity index (χ1) is 32.5. The second kappa shape index (κ2) is 22.2. The molecule has 3 atom stereocenters. The first-order valence-corrected chi connectivity index (χ1v) is 24.5. The first-order valence-electron chi connectivity index (χ1n) is 22.8. The van der Waals surface area contributed by atoms with E-state index in [4.69, 9.17) is 33.7 Å². The largest absolute Gasteiger partial charge is 0.489 e. The maximum atomic E-state index is 14.1. The zero-order chi connectivity index (χ0) is 48.7. The van der Waals surface area contributed by atoms with E-state index in [1.54, 1.807) is 29.8 Å². The molecule has 19 heteroatoms. The Kier molecular flexibility index (Phi) is 16.4. The summed E-state index contributed by atoms with van der Waals surface area (Å²) < 4.78 is 21.8. The quantitative estimate of drug-likeness (QED) is 0.0533. The molecule has 0 radical (unpaired) electrons. The van der Waals surface area contributed by atoms with E-state index in [1.165, 1.54) is 17.0 Å². The lowest BCUT2D eigenvalue weighted by Crippen LogP contribution is -2.57. The van der Waals surface area contributed by atoms with Crippen molar-refractivity contribution in [1.29, 1.82) is 0 Å². The minimum absolute atomic E-state index is 0.0153. The number of likely N-dealkylation sites (tertiary alicyclic amines) is 2. The number of halogens is 3. The third-order valence-electron chi connectivity index (χ3n) is 12.5. The van der Waals surface area contributed by atoms with Crippen LogP contribution in [0.3, 0.4) is 0 Å². The topological polar surface area (TPSA) is 198 Å². The van der Waals surface area contributed by atoms with Gasteiger partial charge in [-0.25, -0.2) is 14.4 Å². The van der Waals surface area contributed by atoms with Gasteiger partial charge in [0.15, 0.2) is 11.6 Å². The van der Waals surface area contributed by atoms with Crippen LogP contribution in [0.2, 0.25) is 10.0 Å². The van der Waals surface area contributed by atoms with Crippen LogP contribution in [0.25, 0.3) is 21.6 Å². The Morgan fingerprint density at radius 2 is 1.74 bits per heavy atom. The number of anilines is 1. The number of nitrogens with two attached hydrogens (primary N) is 1. The van der Waals surface area contributed by atoms with Gasteiger partial charge in [0, 0.05) is 80.4 Å². The van der Waals surface area contributed by atoms with Crippen LogP contribution >= 0.6 is 34.5 Å². The number of pyridine rings is 1. The summed E-state index contributed by atoms with van der Waals surface area (Å²) in [5, 5.41) is 21.4. The summed E-state index contributed by atoms with van der Waals surface area (Å²) in [6, 6.07) is 10.6. The van der Waals surface area contributed by atoms with Gasteiger partial charge in [0.2, 0.25) is 23.6 Å². The van der Waals surface area contributed by atoms with Crippen LogP contribution in [0.15, 0.2) is 66.6 Å². The molecule has 5 heterocycles. The Labute approximate surface area is 409 Å². The first kappa shape index (κ1) is 50.3. The Balaban J connectivity index is 0.834. The number of rotatable bonds is 17. The number of piperidine rings is 1. The van der Waals surface area contributed by atoms with E-state index in [9.17, 15) is 28.7 Å². The number of aliphatic hydroxyl groups excluding tert-OH is 1. The van der Waals surface area contributed by atoms with Gasteiger partial charge >= 0.3 is 0 Å². The molecular formula is C49H58Cl2FN9O6S. The maximum absolute atomic E-state index is 14.1. The Morgan fingerprint density at radius 1 is 1.00 bits per heavy atom. The van der Waals surface area contributed by atoms with Crippen molar-refractivity contribution in [3.63, 3.8) is 0 Å². The molecular weight excluding hydrogens is 933 g/mol. The Morgan fingerprint density at radius 3 is 2.44 bits per heavy atom. The summed E-state index contributed by atoms with van der Waals surface area (Å²) in [6.07, 6.45) is 7.62. The number of β-amino-alcohol motifs (C(OH)–C–C–N with tert-alkyl or cyclic N) is 1. The standard InChI is InChI=1S/C49H58Cl2FN9O6S/c1-29-44(68-28-56-29)31-11-9-30(10-12-31)23-55-47(65)39-22-35(62)27-60(39)48(66)45(49(2,3)4)58-41(63)7-5-6-8-42(64)59-18-15-34(16-19-59)61-26-33(25-57-61)32-21-40(46(53)54-24-32)67-20-17-36-37(50)13-14-38(52)43(36)51/h9-14,21,24-26,28,34-35,39,45,62H,5-8,15-20,22-23,27H2,1-4H3,(H2,53,54)(H,55,65)(H,58,63)/t35-,39+,45-/m1/s1. The summed E-state index contributed by atoms with van der Waals surface area (Å²) in [5.41, 5.74) is 12.1. The van der Waals surface area contributed by atoms with E-state index < -0.39 is 35.3 Å². The molecule has 15 nitrogen and oxygen atoms in total. The van der Waals surface area contributed by atoms with Crippen LogP contribution < -0.4 is 21.1 Å². The van der Waals surface area contributed by atoms with Crippen LogP contribution in [-0.2, 0) is 32.1 Å². The third-order valence-corrected chi connectivity index (χ3v) is 14.3. The van der Waals surface area contributed by atoms with E-state index in [2.05, 4.69) is 25.7 Å². The number of unbranched alkanes of at least 4 members (excludes halogenated alkanes) is 1. The summed E-state index contributed by atoms with van der Waals surface area (Å²) in [6.45, 7) is 9.03. The fourth-order valence-electron chi connectivity index (χ4n) is 8.59. The number of aliphatic hydroxyl groups is 1. The van der Waals surface area contributed by atoms with Crippen molar-refractivity contribution in [3.8, 4) is 27.3 Å². The van der Waals surface area contributed by atoms with Gasteiger partial charge in [-0.2, -0.15) is 5.10 Å². The van der Waals surface area contributed by atoms with Crippen molar-refractivity contribution in [1.82, 2.24) is 40.2 Å². The fourth-order valence-corrected chi connectivity index (χ4v) is 9.96. The third kappa shape index (κ3) is 12.3. The highest BCUT2D eigenvalue weighted by Crippen LogP contribution is 2.33. The fraction of sp³-hybridized carbons (Fsp3) is 0.449. The zero-order valence-corrected chi connectivity index (χ0v) is 41.0. The molecule has 2 fully saturated rings. The van der Waals surface area contributed by atoms with Gasteiger partial charge in [-0.1, -0.05) is 68.2 Å². The minimum atomic E-state index is -0.938. The Hall–Kier alpha value is -5.62. The van der Waals surface area contributed by atoms with Crippen molar-refractivity contribution in [2.45, 2.75) is 110 Å². The highest BCUT2D eigenvalue weighted by molar-refractivity contribution is 7.13. The van der Waals surface area contributed by atoms with Gasteiger partial charge in [0.05, 0.1) is 46.1 Å². The summed E-state index contributed by atoms with van der Waals surface area (Å²) in [7, 11) is 0. The molecule has 0 saturated carbocycles. The summed E-state index contributed by atoms with van der Waals surface area (Å²) in [4.78, 5) is 67.0. The molecule has 0 spiro atoms. The van der Waals surface area contributed by atoms with Crippen LogP contribution in [0, 0.1) is 18.2 Å². The predicted molar refractivity (Wildman–Crippen MR) is 260 cm³/mol. The smallest absolute Gasteiger partial charge is 0.246 e. The number of nitrogen functional groups attached to an aromatic ring is 1. The van der Waals surface area contributed by atoms with Crippen molar-refractivity contribution in [2.24, 2.45) is 5.41 Å². The number of ether oxygens (including phenoxy) is 1. The van der Waals surface area contributed by atoms with Crippen LogP contribution in [-0.4, -0.2) is 103 Å². The molecule has 0 aliphatic carbocycles. The number of nitrogens with one attached hydrogen (secondary N) is 2. The molecule has 2 aliphatic rings. The average Bonchev–Trinajstić information content (AvgIpc) is 4.09. The minimum Gasteiger partial charge on any atom is -0.489 e. The number of aromatic nitrogens is 4. The molecule has 0 bridgehead atoms. The van der Waals surface area contributed by atoms with E-state index in [-0.39, 0.29) is 73.6 Å². The number of aryl methyl sites for hydroxylation is 1. The number of amides is 4. The maximum Gasteiger partial charge on any atom is 0.246 e. The van der Waals surface area contributed by atoms with E-state index in [0.29, 0.717) is 48.7 Å². The van der Waals surface area contributed by atoms with Gasteiger partial charge in [0.25, 0.3) is 0 Å². The summed E-state index contributed by atoms with van der Waals surface area (Å²) in [5.74, 6) is -1.08. The molecule has 7 rings (SSSR count). The molecule has 0 unspecified atom stereocenters. The molecule has 3 aromatic heterocycles. The SMILES string of the molecule is Cc1ncsc1-c1ccc(CNC(=O)[C@@H]2C[C@@H](O)CN2C(=O)[C@@H](NC(=O)CCCCC(=O)N2CCC(n3cc(-c4cnc(N)c(OCCc5c(Cl)ccc(F)c5Cl)c4)cn3)CC2)C(C)(C)C)cc1. The van der Waals surface area contributed by atoms with E-state index in [0.717, 1.165) is 45.7 Å². The Bertz CT molecular complexity index is 2590. The lowest BCUT2D eigenvalue weighted by Gasteiger charge is -2.35. The van der Waals surface area contributed by atoms with Gasteiger partial charge in [-0.05, 0) is 72.9 Å². The second-order valence-electron chi connectivity index (χ2n) is 18.5. The zero-order valence-electron chi connectivity index (χ0n) is 38.6. The second-order valence-corrected chi connectivity index (χ2v) is 20.1. The lowest BCUT2D eigenvalue weighted by molar-refractivity contribution is -0.144. The van der Waals surface area contributed by atoms with E-state index in [1.807, 2.05) is 73.2 Å². The monoisotopic (exact) mass is 989 g/mol. The number of nitrogens with zero attached hydrogens (tertiary/aromatic N) is 6. The summed E-state index contributed by atoms with van der Waals surface area (Å²) >= 11 is 13.9. The van der Waals surface area contributed by atoms with Crippen LogP contribution in [0.5, 0.6) is 5.75 Å². The molecule has 4 amide bonds. The van der Waals surface area contributed by atoms with Crippen molar-refractivity contribution in [3.05, 3.63) is 99.2 Å². The number of hydrogen-bond donors (Lipinski definition) is 4. The molecule has 2 saturated heterocycles. The number of carbonyl (C=O) groups excluding carboxylic acids is 4. The molecule has 5 aromatic rings. The highest BCUT2D eigenvalue weighted by atomic mass is 35.5. The lowest BCUT2D eigenvalue weighted by atomic mass is 9.85. The molecule has 2 aliphatic heterocycles. The van der Waals surface area contributed by atoms with E-state index >= 15 is 0 Å². The van der Waals surface area contributed by atoms with Gasteiger partial charge in [0.1, 0.15) is 17.9 Å². The van der Waals surface area contributed by atoms with Gasteiger partial charge in [-0.15, -0.1) is 11.3 Å². The van der Waals surface area contributed by atoms with Crippen LogP contribution in [0.4, 0.5) is 10.2 Å².